The van der Waals surface area contributed by atoms with Gasteiger partial charge in [0.2, 0.25) is 12.7 Å². The first-order valence-corrected chi connectivity index (χ1v) is 7.56. The Hall–Kier alpha value is -2.93. The Labute approximate surface area is 137 Å². The molecule has 1 fully saturated rings. The summed E-state index contributed by atoms with van der Waals surface area (Å²) in [5.41, 5.74) is 9.51. The van der Waals surface area contributed by atoms with Crippen LogP contribution in [0.1, 0.15) is 18.4 Å². The Kier molecular flexibility index (Phi) is 4.43. The molecule has 0 bridgehead atoms. The number of aliphatic carboxylic acids is 1. The van der Waals surface area contributed by atoms with E-state index in [0.717, 1.165) is 5.56 Å². The minimum absolute atomic E-state index is 0.144. The summed E-state index contributed by atoms with van der Waals surface area (Å²) in [6.45, 7) is 0.500. The number of fused-ring (bicyclic) bond motifs is 1. The van der Waals surface area contributed by atoms with E-state index in [0.29, 0.717) is 30.9 Å². The van der Waals surface area contributed by atoms with Gasteiger partial charge in [-0.25, -0.2) is 4.79 Å². The third-order valence-electron chi connectivity index (χ3n) is 4.16. The van der Waals surface area contributed by atoms with Crippen molar-refractivity contribution in [2.45, 2.75) is 31.3 Å². The molecule has 1 N–H and O–H groups in total. The number of likely N-dealkylation sites (tertiary alicyclic amines) is 1. The fraction of sp³-hybridized carbons (Fsp3) is 0.467. The smallest absolute Gasteiger partial charge is 0.326 e. The fourth-order valence-electron chi connectivity index (χ4n) is 3.01. The zero-order valence-corrected chi connectivity index (χ0v) is 12.8. The molecule has 1 amide bonds. The minimum atomic E-state index is -1.04. The van der Waals surface area contributed by atoms with Crippen molar-refractivity contribution in [1.82, 2.24) is 4.90 Å². The Morgan fingerprint density at radius 2 is 2.21 bits per heavy atom. The lowest BCUT2D eigenvalue weighted by atomic mass is 10.0. The van der Waals surface area contributed by atoms with Gasteiger partial charge < -0.3 is 19.5 Å². The lowest BCUT2D eigenvalue weighted by molar-refractivity contribution is -0.148. The number of nitrogens with zero attached hydrogens (tertiary/aromatic N) is 4. The second-order valence-electron chi connectivity index (χ2n) is 5.64. The SMILES string of the molecule is [N-]=[N+]=N[C@H](Cc1ccc2c(c1)OCO2)C(=O)N1CCC[C@H]1C(=O)O. The summed E-state index contributed by atoms with van der Waals surface area (Å²) in [7, 11) is 0. The lowest BCUT2D eigenvalue weighted by Crippen LogP contribution is -2.45. The highest BCUT2D eigenvalue weighted by molar-refractivity contribution is 5.88. The quantitative estimate of drug-likeness (QED) is 0.499. The maximum Gasteiger partial charge on any atom is 0.326 e. The van der Waals surface area contributed by atoms with E-state index in [1.807, 2.05) is 0 Å². The maximum atomic E-state index is 12.6. The largest absolute Gasteiger partial charge is 0.480 e. The van der Waals surface area contributed by atoms with Crippen LogP contribution in [-0.2, 0) is 16.0 Å². The number of azide groups is 1. The summed E-state index contributed by atoms with van der Waals surface area (Å²) in [5, 5.41) is 12.8. The monoisotopic (exact) mass is 332 g/mol. The number of carboxylic acid groups (broad SMARTS) is 1. The number of benzene rings is 1. The second kappa shape index (κ2) is 6.67. The number of carboxylic acids is 1. The Morgan fingerprint density at radius 3 is 2.96 bits per heavy atom. The van der Waals surface area contributed by atoms with Crippen LogP contribution in [0.4, 0.5) is 0 Å². The molecule has 3 rings (SSSR count). The molecule has 9 nitrogen and oxygen atoms in total. The van der Waals surface area contributed by atoms with Gasteiger partial charge >= 0.3 is 5.97 Å². The van der Waals surface area contributed by atoms with Gasteiger partial charge in [0.25, 0.3) is 0 Å². The normalized spacial score (nSPS) is 19.7. The van der Waals surface area contributed by atoms with Crippen LogP contribution in [0.25, 0.3) is 10.4 Å². The maximum absolute atomic E-state index is 12.6. The van der Waals surface area contributed by atoms with Crippen molar-refractivity contribution in [2.24, 2.45) is 5.11 Å². The van der Waals surface area contributed by atoms with Crippen LogP contribution in [0.2, 0.25) is 0 Å². The third-order valence-corrected chi connectivity index (χ3v) is 4.16. The minimum Gasteiger partial charge on any atom is -0.480 e. The highest BCUT2D eigenvalue weighted by Crippen LogP contribution is 2.33. The predicted octanol–water partition coefficient (Wildman–Crippen LogP) is 1.71. The van der Waals surface area contributed by atoms with Gasteiger partial charge in [0, 0.05) is 11.5 Å². The van der Waals surface area contributed by atoms with Crippen molar-refractivity contribution in [3.05, 3.63) is 34.2 Å². The number of hydrogen-bond acceptors (Lipinski definition) is 5. The van der Waals surface area contributed by atoms with Crippen LogP contribution >= 0.6 is 0 Å². The van der Waals surface area contributed by atoms with Crippen LogP contribution in [0.3, 0.4) is 0 Å². The van der Waals surface area contributed by atoms with E-state index in [9.17, 15) is 14.7 Å². The fourth-order valence-corrected chi connectivity index (χ4v) is 3.01. The van der Waals surface area contributed by atoms with E-state index < -0.39 is 24.0 Å². The molecule has 0 spiro atoms. The van der Waals surface area contributed by atoms with E-state index in [1.165, 1.54) is 4.90 Å². The molecule has 1 aromatic rings. The predicted molar refractivity (Wildman–Crippen MR) is 81.6 cm³/mol. The van der Waals surface area contributed by atoms with Gasteiger partial charge in [0.15, 0.2) is 11.5 Å². The highest BCUT2D eigenvalue weighted by atomic mass is 16.7. The van der Waals surface area contributed by atoms with Gasteiger partial charge in [-0.15, -0.1) is 0 Å². The first kappa shape index (κ1) is 15.9. The van der Waals surface area contributed by atoms with Gasteiger partial charge in [-0.1, -0.05) is 11.2 Å². The molecule has 126 valence electrons. The van der Waals surface area contributed by atoms with Crippen molar-refractivity contribution < 1.29 is 24.2 Å². The summed E-state index contributed by atoms with van der Waals surface area (Å²) in [5.74, 6) is -0.306. The Balaban J connectivity index is 1.78. The van der Waals surface area contributed by atoms with Gasteiger partial charge in [0.05, 0.1) is 0 Å². The van der Waals surface area contributed by atoms with Gasteiger partial charge in [-0.3, -0.25) is 4.79 Å². The third kappa shape index (κ3) is 3.07. The van der Waals surface area contributed by atoms with Crippen molar-refractivity contribution >= 4 is 11.9 Å². The van der Waals surface area contributed by atoms with E-state index >= 15 is 0 Å². The summed E-state index contributed by atoms with van der Waals surface area (Å²) in [6, 6.07) is 3.37. The standard InChI is InChI=1S/C15H16N4O5/c16-18-17-10(14(20)19-5-1-2-11(19)15(21)22)6-9-3-4-12-13(7-9)24-8-23-12/h3-4,7,10-11H,1-2,5-6,8H2,(H,21,22)/t10-,11+/m1/s1. The van der Waals surface area contributed by atoms with E-state index in [1.54, 1.807) is 18.2 Å². The summed E-state index contributed by atoms with van der Waals surface area (Å²) in [4.78, 5) is 27.9. The molecular formula is C15H16N4O5. The second-order valence-corrected chi connectivity index (χ2v) is 5.64. The number of carbonyl (C=O) groups is 2. The first-order valence-electron chi connectivity index (χ1n) is 7.56. The number of amides is 1. The van der Waals surface area contributed by atoms with Crippen LogP contribution < -0.4 is 9.47 Å². The molecule has 0 radical (unpaired) electrons. The number of carbonyl (C=O) groups excluding carboxylic acids is 1. The molecule has 9 heteroatoms. The summed E-state index contributed by atoms with van der Waals surface area (Å²) >= 11 is 0. The molecule has 2 aliphatic heterocycles. The number of hydrogen-bond donors (Lipinski definition) is 1. The van der Waals surface area contributed by atoms with Gasteiger partial charge in [-0.05, 0) is 42.5 Å². The van der Waals surface area contributed by atoms with Crippen LogP contribution in [-0.4, -0.2) is 47.3 Å². The molecule has 2 atom stereocenters. The Bertz CT molecular complexity index is 716. The molecule has 0 unspecified atom stereocenters. The summed E-state index contributed by atoms with van der Waals surface area (Å²) < 4.78 is 10.5. The highest BCUT2D eigenvalue weighted by Gasteiger charge is 2.36. The van der Waals surface area contributed by atoms with E-state index in [4.69, 9.17) is 15.0 Å². The Morgan fingerprint density at radius 1 is 1.42 bits per heavy atom. The van der Waals surface area contributed by atoms with Crippen LogP contribution in [0.15, 0.2) is 23.3 Å². The molecule has 0 aliphatic carbocycles. The zero-order valence-electron chi connectivity index (χ0n) is 12.8. The lowest BCUT2D eigenvalue weighted by Gasteiger charge is -2.24. The number of ether oxygens (including phenoxy) is 2. The van der Waals surface area contributed by atoms with Crippen molar-refractivity contribution in [1.29, 1.82) is 0 Å². The number of rotatable bonds is 5. The zero-order chi connectivity index (χ0) is 17.1. The summed E-state index contributed by atoms with van der Waals surface area (Å²) in [6.07, 6.45) is 1.20. The molecule has 1 saturated heterocycles. The molecule has 2 aliphatic rings. The first-order chi connectivity index (χ1) is 11.6. The average Bonchev–Trinajstić information content (AvgIpc) is 3.22. The van der Waals surface area contributed by atoms with Gasteiger partial charge in [0.1, 0.15) is 12.1 Å². The molecule has 0 aromatic heterocycles. The van der Waals surface area contributed by atoms with Crippen molar-refractivity contribution in [3.8, 4) is 11.5 Å². The molecule has 1 aromatic carbocycles. The van der Waals surface area contributed by atoms with Crippen LogP contribution in [0.5, 0.6) is 11.5 Å². The molecule has 2 heterocycles. The topological polar surface area (TPSA) is 125 Å². The average molecular weight is 332 g/mol. The van der Waals surface area contributed by atoms with E-state index in [2.05, 4.69) is 10.0 Å². The van der Waals surface area contributed by atoms with E-state index in [-0.39, 0.29) is 13.2 Å². The molecule has 0 saturated carbocycles. The van der Waals surface area contributed by atoms with Crippen molar-refractivity contribution in [2.75, 3.05) is 13.3 Å². The van der Waals surface area contributed by atoms with Crippen molar-refractivity contribution in [3.63, 3.8) is 0 Å². The van der Waals surface area contributed by atoms with Crippen LogP contribution in [0, 0.1) is 0 Å². The molecule has 24 heavy (non-hydrogen) atoms. The molecular weight excluding hydrogens is 316 g/mol. The van der Waals surface area contributed by atoms with Gasteiger partial charge in [-0.2, -0.15) is 0 Å².